The van der Waals surface area contributed by atoms with Gasteiger partial charge in [-0.15, -0.1) is 0 Å². The van der Waals surface area contributed by atoms with E-state index in [1.54, 1.807) is 0 Å². The molecule has 0 rings (SSSR count). The van der Waals surface area contributed by atoms with Gasteiger partial charge in [-0.1, -0.05) is 59.4 Å². The van der Waals surface area contributed by atoms with E-state index in [0.717, 1.165) is 6.61 Å². The van der Waals surface area contributed by atoms with Gasteiger partial charge in [0.1, 0.15) is 0 Å². The van der Waals surface area contributed by atoms with E-state index >= 15 is 0 Å². The van der Waals surface area contributed by atoms with Crippen LogP contribution in [0.2, 0.25) is 18.1 Å². The molecule has 0 spiro atoms. The molecule has 16 heavy (non-hydrogen) atoms. The quantitative estimate of drug-likeness (QED) is 0.496. The van der Waals surface area contributed by atoms with E-state index in [1.165, 1.54) is 0 Å². The van der Waals surface area contributed by atoms with Crippen molar-refractivity contribution in [1.82, 2.24) is 0 Å². The van der Waals surface area contributed by atoms with Crippen LogP contribution in [0, 0.1) is 5.41 Å². The maximum atomic E-state index is 6.21. The maximum absolute atomic E-state index is 6.21. The molecule has 2 heteroatoms. The highest BCUT2D eigenvalue weighted by Crippen LogP contribution is 2.37. The van der Waals surface area contributed by atoms with Gasteiger partial charge in [0.25, 0.3) is 0 Å². The van der Waals surface area contributed by atoms with Crippen molar-refractivity contribution in [1.29, 1.82) is 0 Å². The van der Waals surface area contributed by atoms with Gasteiger partial charge in [-0.05, 0) is 18.1 Å². The lowest BCUT2D eigenvalue weighted by molar-refractivity contribution is 0.202. The first kappa shape index (κ1) is 15.7. The second-order valence-corrected chi connectivity index (χ2v) is 11.4. The van der Waals surface area contributed by atoms with Crippen molar-refractivity contribution in [2.75, 3.05) is 6.61 Å². The first-order valence-electron chi connectivity index (χ1n) is 5.96. The van der Waals surface area contributed by atoms with Crippen molar-refractivity contribution in [3.8, 4) is 0 Å². The van der Waals surface area contributed by atoms with Crippen molar-refractivity contribution in [3.05, 3.63) is 24.8 Å². The Morgan fingerprint density at radius 3 is 2.00 bits per heavy atom. The van der Waals surface area contributed by atoms with Gasteiger partial charge in [0.2, 0.25) is 0 Å². The molecule has 0 aliphatic carbocycles. The Morgan fingerprint density at radius 2 is 1.62 bits per heavy atom. The molecule has 0 saturated heterocycles. The van der Waals surface area contributed by atoms with Gasteiger partial charge in [-0.2, -0.15) is 0 Å². The van der Waals surface area contributed by atoms with E-state index in [2.05, 4.69) is 60.4 Å². The molecular formula is C14H28OSi. The standard InChI is InChI=1S/C14H28OSi/c1-9-10-11-14(5,6)12-15-16(7,8)13(2,3)4/h9-11H,1,12H2,2-8H3/b11-10+. The van der Waals surface area contributed by atoms with Crippen LogP contribution in [0.4, 0.5) is 0 Å². The lowest BCUT2D eigenvalue weighted by Gasteiger charge is -2.38. The molecule has 0 radical (unpaired) electrons. The van der Waals surface area contributed by atoms with E-state index in [4.69, 9.17) is 4.43 Å². The minimum atomic E-state index is -1.61. The van der Waals surface area contributed by atoms with Crippen LogP contribution in [-0.4, -0.2) is 14.9 Å². The molecule has 0 bridgehead atoms. The summed E-state index contributed by atoms with van der Waals surface area (Å²) in [6.45, 7) is 20.3. The molecule has 94 valence electrons. The highest BCUT2D eigenvalue weighted by molar-refractivity contribution is 6.74. The van der Waals surface area contributed by atoms with Gasteiger partial charge in [-0.25, -0.2) is 0 Å². The van der Waals surface area contributed by atoms with Crippen molar-refractivity contribution in [3.63, 3.8) is 0 Å². The Bertz CT molecular complexity index is 256. The van der Waals surface area contributed by atoms with Gasteiger partial charge in [0.15, 0.2) is 8.32 Å². The van der Waals surface area contributed by atoms with Crippen LogP contribution in [0.3, 0.4) is 0 Å². The number of hydrogen-bond acceptors (Lipinski definition) is 1. The summed E-state index contributed by atoms with van der Waals surface area (Å²) in [7, 11) is -1.61. The molecule has 1 nitrogen and oxygen atoms in total. The van der Waals surface area contributed by atoms with Gasteiger partial charge < -0.3 is 4.43 Å². The first-order valence-corrected chi connectivity index (χ1v) is 8.87. The fourth-order valence-electron chi connectivity index (χ4n) is 0.960. The topological polar surface area (TPSA) is 9.23 Å². The summed E-state index contributed by atoms with van der Waals surface area (Å²) in [6, 6.07) is 0. The minimum absolute atomic E-state index is 0.0870. The third-order valence-corrected chi connectivity index (χ3v) is 7.77. The van der Waals surface area contributed by atoms with Gasteiger partial charge in [0.05, 0.1) is 0 Å². The third-order valence-electron chi connectivity index (χ3n) is 3.29. The van der Waals surface area contributed by atoms with Crippen molar-refractivity contribution < 1.29 is 4.43 Å². The average Bonchev–Trinajstić information content (AvgIpc) is 2.10. The van der Waals surface area contributed by atoms with Crippen LogP contribution < -0.4 is 0 Å². The highest BCUT2D eigenvalue weighted by Gasteiger charge is 2.38. The lowest BCUT2D eigenvalue weighted by atomic mass is 9.94. The summed E-state index contributed by atoms with van der Waals surface area (Å²) in [5.74, 6) is 0. The van der Waals surface area contributed by atoms with E-state index < -0.39 is 8.32 Å². The van der Waals surface area contributed by atoms with Crippen LogP contribution in [-0.2, 0) is 4.43 Å². The maximum Gasteiger partial charge on any atom is 0.192 e. The summed E-state index contributed by atoms with van der Waals surface area (Å²) in [4.78, 5) is 0. The molecule has 0 unspecified atom stereocenters. The Balaban J connectivity index is 4.45. The van der Waals surface area contributed by atoms with Gasteiger partial charge in [0, 0.05) is 12.0 Å². The fraction of sp³-hybridized carbons (Fsp3) is 0.714. The Kier molecular flexibility index (Phi) is 5.21. The van der Waals surface area contributed by atoms with Crippen molar-refractivity contribution >= 4 is 8.32 Å². The van der Waals surface area contributed by atoms with Crippen LogP contribution in [0.1, 0.15) is 34.6 Å². The zero-order valence-electron chi connectivity index (χ0n) is 12.1. The van der Waals surface area contributed by atoms with Crippen molar-refractivity contribution in [2.45, 2.75) is 52.8 Å². The summed E-state index contributed by atoms with van der Waals surface area (Å²) in [5.41, 5.74) is 0.0870. The molecule has 0 aliphatic rings. The summed E-state index contributed by atoms with van der Waals surface area (Å²) in [5, 5.41) is 0.283. The van der Waals surface area contributed by atoms with E-state index in [0.29, 0.717) is 0 Å². The summed E-state index contributed by atoms with van der Waals surface area (Å²) >= 11 is 0. The Morgan fingerprint density at radius 1 is 1.12 bits per heavy atom. The lowest BCUT2D eigenvalue weighted by Crippen LogP contribution is -2.42. The summed E-state index contributed by atoms with van der Waals surface area (Å²) in [6.07, 6.45) is 5.97. The Labute approximate surface area is 103 Å². The molecule has 0 aromatic carbocycles. The average molecular weight is 240 g/mol. The molecule has 0 aliphatic heterocycles. The molecular weight excluding hydrogens is 212 g/mol. The Hall–Kier alpha value is -0.343. The van der Waals surface area contributed by atoms with Gasteiger partial charge in [-0.3, -0.25) is 0 Å². The predicted molar refractivity (Wildman–Crippen MR) is 76.3 cm³/mol. The SMILES string of the molecule is C=C/C=C/C(C)(C)CO[Si](C)(C)C(C)(C)C. The van der Waals surface area contributed by atoms with Crippen LogP contribution >= 0.6 is 0 Å². The molecule has 0 atom stereocenters. The minimum Gasteiger partial charge on any atom is -0.416 e. The van der Waals surface area contributed by atoms with Gasteiger partial charge >= 0.3 is 0 Å². The molecule has 0 heterocycles. The highest BCUT2D eigenvalue weighted by atomic mass is 28.4. The molecule has 0 saturated carbocycles. The normalized spacial score (nSPS) is 14.4. The zero-order chi connectivity index (χ0) is 13.0. The van der Waals surface area contributed by atoms with Crippen molar-refractivity contribution in [2.24, 2.45) is 5.41 Å². The van der Waals surface area contributed by atoms with E-state index in [9.17, 15) is 0 Å². The first-order chi connectivity index (χ1) is 7.02. The number of rotatable bonds is 5. The molecule has 0 fully saturated rings. The molecule has 0 aromatic rings. The summed E-state index contributed by atoms with van der Waals surface area (Å²) < 4.78 is 6.21. The van der Waals surface area contributed by atoms with Crippen LogP contribution in [0.25, 0.3) is 0 Å². The van der Waals surface area contributed by atoms with E-state index in [1.807, 2.05) is 12.2 Å². The monoisotopic (exact) mass is 240 g/mol. The van der Waals surface area contributed by atoms with Crippen LogP contribution in [0.15, 0.2) is 24.8 Å². The zero-order valence-corrected chi connectivity index (χ0v) is 13.1. The molecule has 0 amide bonds. The second kappa shape index (κ2) is 5.33. The van der Waals surface area contributed by atoms with Crippen LogP contribution in [0.5, 0.6) is 0 Å². The smallest absolute Gasteiger partial charge is 0.192 e. The molecule has 0 N–H and O–H groups in total. The largest absolute Gasteiger partial charge is 0.416 e. The fourth-order valence-corrected chi connectivity index (χ4v) is 2.13. The molecule has 0 aromatic heterocycles. The number of hydrogen-bond donors (Lipinski definition) is 0. The third kappa shape index (κ3) is 5.13. The van der Waals surface area contributed by atoms with E-state index in [-0.39, 0.29) is 10.5 Å². The number of allylic oxidation sites excluding steroid dienone is 2. The predicted octanol–water partition coefficient (Wildman–Crippen LogP) is 4.78. The second-order valence-electron chi connectivity index (χ2n) is 6.63.